The van der Waals surface area contributed by atoms with E-state index in [9.17, 15) is 0 Å². The van der Waals surface area contributed by atoms with E-state index in [1.807, 2.05) is 18.2 Å². The molecular formula is C82H52N6. The monoisotopic (exact) mass is 1120 g/mol. The van der Waals surface area contributed by atoms with Gasteiger partial charge >= 0.3 is 0 Å². The first-order valence-corrected chi connectivity index (χ1v) is 30.0. The zero-order valence-electron chi connectivity index (χ0n) is 47.7. The zero-order valence-corrected chi connectivity index (χ0v) is 47.7. The molecule has 0 bridgehead atoms. The molecule has 0 atom stereocenters. The molecule has 0 radical (unpaired) electrons. The Labute approximate surface area is 507 Å². The molecule has 0 saturated carbocycles. The average molecular weight is 1120 g/mol. The van der Waals surface area contributed by atoms with Crippen molar-refractivity contribution in [2.24, 2.45) is 0 Å². The van der Waals surface area contributed by atoms with Gasteiger partial charge in [0.15, 0.2) is 5.82 Å². The minimum absolute atomic E-state index is 0.679. The van der Waals surface area contributed by atoms with E-state index in [4.69, 9.17) is 9.97 Å². The van der Waals surface area contributed by atoms with E-state index in [-0.39, 0.29) is 0 Å². The molecule has 0 fully saturated rings. The van der Waals surface area contributed by atoms with E-state index in [1.54, 1.807) is 0 Å². The van der Waals surface area contributed by atoms with Crippen molar-refractivity contribution >= 4 is 87.2 Å². The SMILES string of the molecule is c1ccc(-c2nc(-c3ccc(-n4c5ccccc5c5cc(-c6ccc7c8ccccc8n(-c8ccccc8)c7c6)ccc54)cc3)cc(-c3ccc(-n4c5ccccc5c5ccc(-c6ccc7c(c6)c6ccccc6n7-c6ccccc6)cc54)cc3)n2)cc1. The third-order valence-corrected chi connectivity index (χ3v) is 18.0. The van der Waals surface area contributed by atoms with Gasteiger partial charge in [-0.05, 0) is 138 Å². The number of nitrogens with zero attached hydrogens (tertiary/aromatic N) is 6. The summed E-state index contributed by atoms with van der Waals surface area (Å²) in [6.07, 6.45) is 0. The highest BCUT2D eigenvalue weighted by Crippen LogP contribution is 2.42. The molecule has 0 aliphatic heterocycles. The first-order chi connectivity index (χ1) is 43.6. The summed E-state index contributed by atoms with van der Waals surface area (Å²) in [6, 6.07) is 114. The molecule has 0 aliphatic carbocycles. The van der Waals surface area contributed by atoms with Crippen molar-refractivity contribution in [1.82, 2.24) is 28.2 Å². The fourth-order valence-electron chi connectivity index (χ4n) is 13.9. The second kappa shape index (κ2) is 19.9. The van der Waals surface area contributed by atoms with Crippen LogP contribution in [0.2, 0.25) is 0 Å². The van der Waals surface area contributed by atoms with Crippen molar-refractivity contribution in [2.75, 3.05) is 0 Å². The quantitative estimate of drug-likeness (QED) is 0.145. The van der Waals surface area contributed by atoms with Crippen LogP contribution in [0.1, 0.15) is 0 Å². The maximum absolute atomic E-state index is 5.27. The lowest BCUT2D eigenvalue weighted by Gasteiger charge is -2.13. The second-order valence-corrected chi connectivity index (χ2v) is 22.9. The summed E-state index contributed by atoms with van der Waals surface area (Å²) < 4.78 is 9.56. The van der Waals surface area contributed by atoms with Crippen molar-refractivity contribution in [3.8, 4) is 78.9 Å². The predicted molar refractivity (Wildman–Crippen MR) is 367 cm³/mol. The second-order valence-electron chi connectivity index (χ2n) is 22.9. The third kappa shape index (κ3) is 7.89. The van der Waals surface area contributed by atoms with Crippen LogP contribution in [0.15, 0.2) is 315 Å². The van der Waals surface area contributed by atoms with Crippen LogP contribution in [-0.2, 0) is 0 Å². The van der Waals surface area contributed by atoms with Crippen LogP contribution in [-0.4, -0.2) is 28.2 Å². The van der Waals surface area contributed by atoms with E-state index < -0.39 is 0 Å². The van der Waals surface area contributed by atoms with E-state index in [2.05, 4.69) is 316 Å². The van der Waals surface area contributed by atoms with Crippen LogP contribution in [0.4, 0.5) is 0 Å². The van der Waals surface area contributed by atoms with Gasteiger partial charge in [0, 0.05) is 82.5 Å². The van der Waals surface area contributed by atoms with Gasteiger partial charge in [-0.3, -0.25) is 0 Å². The van der Waals surface area contributed by atoms with Crippen LogP contribution in [0.5, 0.6) is 0 Å². The van der Waals surface area contributed by atoms with Gasteiger partial charge in [0.25, 0.3) is 0 Å². The minimum atomic E-state index is 0.679. The highest BCUT2D eigenvalue weighted by molar-refractivity contribution is 6.14. The molecule has 6 nitrogen and oxygen atoms in total. The Kier molecular flexibility index (Phi) is 11.2. The standard InChI is InChI=1S/C82H52N6/c1-4-18-55(19-5-1)82-83-72(53-32-40-62(41-33-53)86-77-31-17-13-27-67(77)71-49-57(39-47-79(71)86)58-36-44-68-64-24-10-14-28-74(64)87(80(68)50-58)61-22-8-3-9-23-61)52-73(84-82)54-34-42-63(43-35-54)88-75-29-15-11-25-65(75)69-45-37-59(51-81(69)88)56-38-46-78-70(48-56)66-26-12-16-30-76(66)85(78)60-20-6-2-7-21-60/h1-52H. The van der Waals surface area contributed by atoms with Crippen LogP contribution < -0.4 is 0 Å². The Morgan fingerprint density at radius 3 is 0.864 bits per heavy atom. The average Bonchev–Trinajstić information content (AvgIpc) is 1.76. The zero-order chi connectivity index (χ0) is 57.8. The molecule has 0 spiro atoms. The number of fused-ring (bicyclic) bond motifs is 12. The first kappa shape index (κ1) is 49.6. The third-order valence-electron chi connectivity index (χ3n) is 18.0. The predicted octanol–water partition coefficient (Wildman–Crippen LogP) is 21.2. The van der Waals surface area contributed by atoms with Crippen LogP contribution >= 0.6 is 0 Å². The summed E-state index contributed by atoms with van der Waals surface area (Å²) in [4.78, 5) is 10.5. The minimum Gasteiger partial charge on any atom is -0.309 e. The lowest BCUT2D eigenvalue weighted by Crippen LogP contribution is -1.98. The van der Waals surface area contributed by atoms with Crippen LogP contribution in [0.3, 0.4) is 0 Å². The van der Waals surface area contributed by atoms with Gasteiger partial charge in [-0.25, -0.2) is 9.97 Å². The molecular weight excluding hydrogens is 1070 g/mol. The number of aromatic nitrogens is 6. The van der Waals surface area contributed by atoms with Crippen LogP contribution in [0.25, 0.3) is 166 Å². The molecule has 0 N–H and O–H groups in total. The number of hydrogen-bond donors (Lipinski definition) is 0. The number of benzene rings is 13. The van der Waals surface area contributed by atoms with Gasteiger partial charge in [-0.15, -0.1) is 0 Å². The van der Waals surface area contributed by atoms with E-state index in [0.29, 0.717) is 5.82 Å². The molecule has 410 valence electrons. The lowest BCUT2D eigenvalue weighted by atomic mass is 10.0. The topological polar surface area (TPSA) is 45.5 Å². The van der Waals surface area contributed by atoms with Crippen molar-refractivity contribution < 1.29 is 0 Å². The van der Waals surface area contributed by atoms with Crippen LogP contribution in [0, 0.1) is 0 Å². The lowest BCUT2D eigenvalue weighted by molar-refractivity contribution is 1.16. The maximum atomic E-state index is 5.27. The summed E-state index contributed by atoms with van der Waals surface area (Å²) in [5.74, 6) is 0.679. The van der Waals surface area contributed by atoms with Gasteiger partial charge in [0.2, 0.25) is 0 Å². The summed E-state index contributed by atoms with van der Waals surface area (Å²) in [6.45, 7) is 0. The van der Waals surface area contributed by atoms with Gasteiger partial charge < -0.3 is 18.3 Å². The number of hydrogen-bond acceptors (Lipinski definition) is 2. The summed E-state index contributed by atoms with van der Waals surface area (Å²) in [5.41, 5.74) is 23.3. The summed E-state index contributed by atoms with van der Waals surface area (Å²) >= 11 is 0. The van der Waals surface area contributed by atoms with Gasteiger partial charge in [0.05, 0.1) is 55.5 Å². The Bertz CT molecular complexity index is 5770. The first-order valence-electron chi connectivity index (χ1n) is 30.0. The Morgan fingerprint density at radius 1 is 0.170 bits per heavy atom. The molecule has 18 aromatic rings. The van der Waals surface area contributed by atoms with E-state index in [1.165, 1.54) is 87.4 Å². The molecule has 18 rings (SSSR count). The Morgan fingerprint density at radius 2 is 0.455 bits per heavy atom. The fourth-order valence-corrected chi connectivity index (χ4v) is 13.9. The van der Waals surface area contributed by atoms with Crippen molar-refractivity contribution in [3.63, 3.8) is 0 Å². The molecule has 0 aliphatic rings. The highest BCUT2D eigenvalue weighted by atomic mass is 15.0. The number of rotatable bonds is 9. The Hall–Kier alpha value is -11.9. The van der Waals surface area contributed by atoms with Crippen molar-refractivity contribution in [2.45, 2.75) is 0 Å². The van der Waals surface area contributed by atoms with Gasteiger partial charge in [0.1, 0.15) is 0 Å². The fraction of sp³-hybridized carbons (Fsp3) is 0. The van der Waals surface area contributed by atoms with Crippen molar-refractivity contribution in [1.29, 1.82) is 0 Å². The largest absolute Gasteiger partial charge is 0.309 e. The molecule has 13 aromatic carbocycles. The number of para-hydroxylation sites is 6. The molecule has 0 saturated heterocycles. The van der Waals surface area contributed by atoms with E-state index >= 15 is 0 Å². The van der Waals surface area contributed by atoms with E-state index in [0.717, 1.165) is 72.9 Å². The molecule has 88 heavy (non-hydrogen) atoms. The summed E-state index contributed by atoms with van der Waals surface area (Å²) in [7, 11) is 0. The molecule has 0 unspecified atom stereocenters. The Balaban J connectivity index is 0.698. The normalized spacial score (nSPS) is 11.9. The smallest absolute Gasteiger partial charge is 0.160 e. The molecule has 5 heterocycles. The highest BCUT2D eigenvalue weighted by Gasteiger charge is 2.20. The van der Waals surface area contributed by atoms with Crippen molar-refractivity contribution in [3.05, 3.63) is 315 Å². The molecule has 5 aromatic heterocycles. The van der Waals surface area contributed by atoms with Gasteiger partial charge in [-0.1, -0.05) is 200 Å². The van der Waals surface area contributed by atoms with Gasteiger partial charge in [-0.2, -0.15) is 0 Å². The molecule has 6 heteroatoms. The summed E-state index contributed by atoms with van der Waals surface area (Å²) in [5, 5.41) is 9.82. The maximum Gasteiger partial charge on any atom is 0.160 e. The molecule has 0 amide bonds.